The number of benzene rings is 2. The summed E-state index contributed by atoms with van der Waals surface area (Å²) in [6.45, 7) is 6.13. The smallest absolute Gasteiger partial charge is 0.411 e. The van der Waals surface area contributed by atoms with Gasteiger partial charge in [0.1, 0.15) is 0 Å². The number of carbonyl (C=O) groups is 2. The number of nitrogens with zero attached hydrogens (tertiary/aromatic N) is 1. The number of aromatic amines is 1. The van der Waals surface area contributed by atoms with Gasteiger partial charge in [-0.3, -0.25) is 19.5 Å². The van der Waals surface area contributed by atoms with Crippen molar-refractivity contribution in [1.29, 1.82) is 0 Å². The van der Waals surface area contributed by atoms with Gasteiger partial charge in [-0.05, 0) is 49.2 Å². The number of anilines is 2. The van der Waals surface area contributed by atoms with Gasteiger partial charge in [0.25, 0.3) is 11.5 Å². The highest BCUT2D eigenvalue weighted by Crippen LogP contribution is 2.17. The molecule has 9 nitrogen and oxygen atoms in total. The van der Waals surface area contributed by atoms with Crippen LogP contribution in [0.1, 0.15) is 31.1 Å². The van der Waals surface area contributed by atoms with E-state index in [4.69, 9.17) is 4.74 Å². The van der Waals surface area contributed by atoms with Crippen LogP contribution >= 0.6 is 0 Å². The van der Waals surface area contributed by atoms with Crippen LogP contribution in [0.5, 0.6) is 0 Å². The lowest BCUT2D eigenvalue weighted by atomic mass is 10.1. The Balaban J connectivity index is 1.77. The standard InChI is InChI=1S/C22H24N4O5/c1-4-26-20(28)17-9-8-14(10-18(17)25-21(26)29)19(27)23-15-6-5-7-16(11-15)24-22(30)31-12-13(2)3/h5-11,13H,4,12H2,1-3H3,(H,23,27)(H,24,30)(H,25,29). The molecule has 1 heterocycles. The lowest BCUT2D eigenvalue weighted by Gasteiger charge is -2.11. The minimum absolute atomic E-state index is 0.220. The van der Waals surface area contributed by atoms with Crippen molar-refractivity contribution in [3.8, 4) is 0 Å². The molecule has 0 atom stereocenters. The monoisotopic (exact) mass is 424 g/mol. The summed E-state index contributed by atoms with van der Waals surface area (Å²) in [6.07, 6.45) is -0.576. The van der Waals surface area contributed by atoms with Crippen molar-refractivity contribution in [2.24, 2.45) is 5.92 Å². The van der Waals surface area contributed by atoms with E-state index in [0.29, 0.717) is 23.4 Å². The average molecular weight is 424 g/mol. The molecule has 2 aromatic carbocycles. The molecule has 0 unspecified atom stereocenters. The Morgan fingerprint density at radius 3 is 2.45 bits per heavy atom. The Hall–Kier alpha value is -3.88. The van der Waals surface area contributed by atoms with Gasteiger partial charge in [0.15, 0.2) is 0 Å². The second-order valence-electron chi connectivity index (χ2n) is 7.39. The quantitative estimate of drug-likeness (QED) is 0.561. The summed E-state index contributed by atoms with van der Waals surface area (Å²) in [4.78, 5) is 51.5. The number of hydrogen-bond donors (Lipinski definition) is 3. The number of H-pyrrole nitrogens is 1. The lowest BCUT2D eigenvalue weighted by Crippen LogP contribution is -2.34. The highest BCUT2D eigenvalue weighted by atomic mass is 16.5. The summed E-state index contributed by atoms with van der Waals surface area (Å²) in [6, 6.07) is 11.1. The van der Waals surface area contributed by atoms with E-state index < -0.39 is 23.2 Å². The van der Waals surface area contributed by atoms with Crippen LogP contribution in [0, 0.1) is 5.92 Å². The van der Waals surface area contributed by atoms with Gasteiger partial charge >= 0.3 is 11.8 Å². The van der Waals surface area contributed by atoms with Crippen LogP contribution in [0.2, 0.25) is 0 Å². The third-order valence-corrected chi connectivity index (χ3v) is 4.47. The Morgan fingerprint density at radius 1 is 1.06 bits per heavy atom. The Labute approximate surface area is 178 Å². The molecule has 0 fully saturated rings. The van der Waals surface area contributed by atoms with Crippen molar-refractivity contribution in [3.05, 3.63) is 68.9 Å². The van der Waals surface area contributed by atoms with E-state index in [2.05, 4.69) is 15.6 Å². The molecule has 0 bridgehead atoms. The van der Waals surface area contributed by atoms with E-state index in [1.54, 1.807) is 31.2 Å². The van der Waals surface area contributed by atoms with Crippen LogP contribution in [0.15, 0.2) is 52.1 Å². The highest BCUT2D eigenvalue weighted by molar-refractivity contribution is 6.06. The summed E-state index contributed by atoms with van der Waals surface area (Å²) in [5.41, 5.74) is 0.551. The first-order valence-electron chi connectivity index (χ1n) is 9.90. The third kappa shape index (κ3) is 5.19. The zero-order chi connectivity index (χ0) is 22.5. The predicted octanol–water partition coefficient (Wildman–Crippen LogP) is 3.17. The van der Waals surface area contributed by atoms with Crippen LogP contribution in [-0.4, -0.2) is 28.2 Å². The van der Waals surface area contributed by atoms with E-state index in [-0.39, 0.29) is 23.5 Å². The second-order valence-corrected chi connectivity index (χ2v) is 7.39. The topological polar surface area (TPSA) is 122 Å². The number of aromatic nitrogens is 2. The van der Waals surface area contributed by atoms with E-state index in [0.717, 1.165) is 4.57 Å². The van der Waals surface area contributed by atoms with Crippen LogP contribution in [0.3, 0.4) is 0 Å². The molecule has 0 radical (unpaired) electrons. The zero-order valence-corrected chi connectivity index (χ0v) is 17.5. The Morgan fingerprint density at radius 2 is 1.77 bits per heavy atom. The minimum atomic E-state index is -0.576. The first-order valence-corrected chi connectivity index (χ1v) is 9.90. The molecular weight excluding hydrogens is 400 g/mol. The SMILES string of the molecule is CCn1c(=O)[nH]c2cc(C(=O)Nc3cccc(NC(=O)OCC(C)C)c3)ccc2c1=O. The molecule has 0 saturated heterocycles. The van der Waals surface area contributed by atoms with Gasteiger partial charge in [-0.25, -0.2) is 9.59 Å². The predicted molar refractivity (Wildman–Crippen MR) is 119 cm³/mol. The largest absolute Gasteiger partial charge is 0.449 e. The minimum Gasteiger partial charge on any atom is -0.449 e. The number of fused-ring (bicyclic) bond motifs is 1. The molecule has 0 spiro atoms. The number of carbonyl (C=O) groups excluding carboxylic acids is 2. The Bertz CT molecular complexity index is 1240. The van der Waals surface area contributed by atoms with Gasteiger partial charge in [-0.2, -0.15) is 0 Å². The van der Waals surface area contributed by atoms with Gasteiger partial charge < -0.3 is 15.0 Å². The molecule has 9 heteroatoms. The third-order valence-electron chi connectivity index (χ3n) is 4.47. The molecule has 0 aliphatic carbocycles. The molecule has 0 aliphatic heterocycles. The molecule has 162 valence electrons. The number of nitrogens with one attached hydrogen (secondary N) is 3. The zero-order valence-electron chi connectivity index (χ0n) is 17.5. The maximum Gasteiger partial charge on any atom is 0.411 e. The van der Waals surface area contributed by atoms with Crippen molar-refractivity contribution in [1.82, 2.24) is 9.55 Å². The van der Waals surface area contributed by atoms with Gasteiger partial charge in [-0.15, -0.1) is 0 Å². The van der Waals surface area contributed by atoms with E-state index in [1.165, 1.54) is 18.2 Å². The molecule has 3 aromatic rings. The summed E-state index contributed by atoms with van der Waals surface area (Å²) in [5, 5.41) is 5.66. The molecule has 3 N–H and O–H groups in total. The fourth-order valence-electron chi connectivity index (χ4n) is 2.96. The molecule has 2 amide bonds. The van der Waals surface area contributed by atoms with Gasteiger partial charge in [0.05, 0.1) is 17.5 Å². The average Bonchev–Trinajstić information content (AvgIpc) is 2.72. The first kappa shape index (κ1) is 21.8. The molecule has 1 aromatic heterocycles. The fourth-order valence-corrected chi connectivity index (χ4v) is 2.96. The fraction of sp³-hybridized carbons (Fsp3) is 0.273. The van der Waals surface area contributed by atoms with Crippen LogP contribution < -0.4 is 21.9 Å². The van der Waals surface area contributed by atoms with Crippen molar-refractivity contribution in [2.45, 2.75) is 27.3 Å². The normalized spacial score (nSPS) is 10.8. The number of rotatable bonds is 6. The summed E-state index contributed by atoms with van der Waals surface area (Å²) < 4.78 is 6.17. The van der Waals surface area contributed by atoms with Crippen LogP contribution in [0.25, 0.3) is 10.9 Å². The molecule has 0 aliphatic rings. The van der Waals surface area contributed by atoms with Crippen molar-refractivity contribution < 1.29 is 14.3 Å². The number of hydrogen-bond acceptors (Lipinski definition) is 5. The highest BCUT2D eigenvalue weighted by Gasteiger charge is 2.12. The van der Waals surface area contributed by atoms with Gasteiger partial charge in [0.2, 0.25) is 0 Å². The number of ether oxygens (including phenoxy) is 1. The second kappa shape index (κ2) is 9.29. The van der Waals surface area contributed by atoms with Crippen LogP contribution in [-0.2, 0) is 11.3 Å². The maximum atomic E-state index is 12.7. The summed E-state index contributed by atoms with van der Waals surface area (Å²) in [7, 11) is 0. The van der Waals surface area contributed by atoms with Gasteiger partial charge in [0, 0.05) is 23.5 Å². The van der Waals surface area contributed by atoms with Crippen molar-refractivity contribution in [3.63, 3.8) is 0 Å². The molecular formula is C22H24N4O5. The van der Waals surface area contributed by atoms with Gasteiger partial charge in [-0.1, -0.05) is 19.9 Å². The maximum absolute atomic E-state index is 12.7. The Kier molecular flexibility index (Phi) is 6.54. The summed E-state index contributed by atoms with van der Waals surface area (Å²) >= 11 is 0. The van der Waals surface area contributed by atoms with Crippen molar-refractivity contribution >= 4 is 34.3 Å². The van der Waals surface area contributed by atoms with E-state index >= 15 is 0 Å². The van der Waals surface area contributed by atoms with Crippen LogP contribution in [0.4, 0.5) is 16.2 Å². The first-order chi connectivity index (χ1) is 14.8. The molecule has 3 rings (SSSR count). The number of amides is 2. The lowest BCUT2D eigenvalue weighted by molar-refractivity contribution is 0.102. The van der Waals surface area contributed by atoms with E-state index in [9.17, 15) is 19.2 Å². The summed E-state index contributed by atoms with van der Waals surface area (Å²) in [5.74, 6) is -0.208. The molecule has 31 heavy (non-hydrogen) atoms. The molecule has 0 saturated carbocycles. The van der Waals surface area contributed by atoms with E-state index in [1.807, 2.05) is 13.8 Å². The van der Waals surface area contributed by atoms with Crippen molar-refractivity contribution in [2.75, 3.05) is 17.2 Å².